The summed E-state index contributed by atoms with van der Waals surface area (Å²) >= 11 is 0. The number of benzene rings is 3. The van der Waals surface area contributed by atoms with Gasteiger partial charge < -0.3 is 20.5 Å². The normalized spacial score (nSPS) is 12.7. The summed E-state index contributed by atoms with van der Waals surface area (Å²) in [5.74, 6) is 2.52. The van der Waals surface area contributed by atoms with Crippen molar-refractivity contribution in [3.63, 3.8) is 0 Å². The lowest BCUT2D eigenvalue weighted by Crippen LogP contribution is -2.19. The maximum absolute atomic E-state index is 7.44. The van der Waals surface area contributed by atoms with Gasteiger partial charge in [-0.2, -0.15) is 0 Å². The third-order valence-electron chi connectivity index (χ3n) is 4.78. The molecule has 0 aliphatic carbocycles. The van der Waals surface area contributed by atoms with Crippen LogP contribution in [-0.4, -0.2) is 24.8 Å². The molecule has 152 valence electrons. The Labute approximate surface area is 175 Å². The first-order valence-corrected chi connectivity index (χ1v) is 9.84. The molecule has 30 heavy (non-hydrogen) atoms. The Bertz CT molecular complexity index is 1040. The maximum Gasteiger partial charge on any atom is 0.128 e. The van der Waals surface area contributed by atoms with E-state index in [1.807, 2.05) is 48.5 Å². The summed E-state index contributed by atoms with van der Waals surface area (Å²) in [5.41, 5.74) is 9.38. The highest BCUT2D eigenvalue weighted by Gasteiger charge is 2.07. The van der Waals surface area contributed by atoms with Crippen molar-refractivity contribution in [2.45, 2.75) is 13.2 Å². The molecule has 0 saturated heterocycles. The number of nitrogens with one attached hydrogen (secondary N) is 2. The van der Waals surface area contributed by atoms with Crippen LogP contribution in [0.4, 0.5) is 0 Å². The van der Waals surface area contributed by atoms with Crippen molar-refractivity contribution in [3.8, 4) is 11.5 Å². The van der Waals surface area contributed by atoms with E-state index < -0.39 is 0 Å². The molecule has 1 aliphatic rings. The molecule has 0 radical (unpaired) electrons. The van der Waals surface area contributed by atoms with Crippen molar-refractivity contribution in [1.29, 1.82) is 5.41 Å². The number of nitrogens with two attached hydrogens (primary N) is 1. The fourth-order valence-electron chi connectivity index (χ4n) is 3.12. The molecular weight excluding hydrogens is 376 g/mol. The van der Waals surface area contributed by atoms with E-state index in [1.165, 1.54) is 0 Å². The molecule has 0 spiro atoms. The number of amidine groups is 2. The molecular formula is C24H24N4O2. The molecule has 0 bridgehead atoms. The predicted molar refractivity (Wildman–Crippen MR) is 118 cm³/mol. The van der Waals surface area contributed by atoms with Gasteiger partial charge in [0.2, 0.25) is 0 Å². The minimum Gasteiger partial charge on any atom is -0.489 e. The van der Waals surface area contributed by atoms with Crippen molar-refractivity contribution in [3.05, 3.63) is 95.1 Å². The number of nitrogens with zero attached hydrogens (tertiary/aromatic N) is 1. The number of rotatable bonds is 8. The van der Waals surface area contributed by atoms with E-state index in [9.17, 15) is 0 Å². The summed E-state index contributed by atoms with van der Waals surface area (Å²) in [6.07, 6.45) is 0. The van der Waals surface area contributed by atoms with Crippen LogP contribution < -0.4 is 20.5 Å². The van der Waals surface area contributed by atoms with Crippen LogP contribution in [0, 0.1) is 5.41 Å². The summed E-state index contributed by atoms with van der Waals surface area (Å²) in [6, 6.07) is 23.3. The highest BCUT2D eigenvalue weighted by molar-refractivity contribution is 5.99. The third-order valence-corrected chi connectivity index (χ3v) is 4.78. The Hall–Kier alpha value is -3.80. The van der Waals surface area contributed by atoms with Gasteiger partial charge in [-0.15, -0.1) is 0 Å². The zero-order chi connectivity index (χ0) is 20.8. The Morgan fingerprint density at radius 3 is 2.03 bits per heavy atom. The van der Waals surface area contributed by atoms with E-state index in [-0.39, 0.29) is 5.84 Å². The molecule has 1 heterocycles. The molecule has 3 aromatic carbocycles. The lowest BCUT2D eigenvalue weighted by atomic mass is 10.1. The molecule has 6 nitrogen and oxygen atoms in total. The molecule has 4 rings (SSSR count). The zero-order valence-electron chi connectivity index (χ0n) is 16.6. The van der Waals surface area contributed by atoms with Gasteiger partial charge in [-0.25, -0.2) is 0 Å². The number of nitrogen functional groups attached to an aromatic ring is 1. The van der Waals surface area contributed by atoms with Crippen molar-refractivity contribution in [2.75, 3.05) is 13.1 Å². The number of ether oxygens (including phenoxy) is 2. The number of aliphatic imine (C=N–C) groups is 1. The largest absolute Gasteiger partial charge is 0.489 e. The first kappa shape index (κ1) is 19.5. The van der Waals surface area contributed by atoms with Crippen LogP contribution in [0.3, 0.4) is 0 Å². The van der Waals surface area contributed by atoms with E-state index in [4.69, 9.17) is 20.6 Å². The molecule has 0 unspecified atom stereocenters. The molecule has 0 atom stereocenters. The van der Waals surface area contributed by atoms with Crippen molar-refractivity contribution >= 4 is 11.7 Å². The first-order valence-electron chi connectivity index (χ1n) is 9.84. The highest BCUT2D eigenvalue weighted by atomic mass is 16.5. The molecule has 1 aliphatic heterocycles. The van der Waals surface area contributed by atoms with Gasteiger partial charge in [0.25, 0.3) is 0 Å². The second-order valence-corrected chi connectivity index (χ2v) is 7.02. The van der Waals surface area contributed by atoms with Gasteiger partial charge in [0, 0.05) is 23.7 Å². The predicted octanol–water partition coefficient (Wildman–Crippen LogP) is 3.48. The second kappa shape index (κ2) is 9.13. The Morgan fingerprint density at radius 1 is 0.900 bits per heavy atom. The Morgan fingerprint density at radius 2 is 1.50 bits per heavy atom. The van der Waals surface area contributed by atoms with Gasteiger partial charge in [-0.3, -0.25) is 10.4 Å². The van der Waals surface area contributed by atoms with Gasteiger partial charge in [-0.05, 0) is 23.3 Å². The van der Waals surface area contributed by atoms with E-state index in [2.05, 4.69) is 34.6 Å². The van der Waals surface area contributed by atoms with E-state index >= 15 is 0 Å². The minimum absolute atomic E-state index is 0.0610. The second-order valence-electron chi connectivity index (χ2n) is 7.02. The summed E-state index contributed by atoms with van der Waals surface area (Å²) in [5, 5.41) is 10.7. The third kappa shape index (κ3) is 4.97. The number of hydrogen-bond acceptors (Lipinski definition) is 5. The minimum atomic E-state index is 0.0610. The highest BCUT2D eigenvalue weighted by Crippen LogP contribution is 2.22. The van der Waals surface area contributed by atoms with Crippen LogP contribution in [0.5, 0.6) is 11.5 Å². The summed E-state index contributed by atoms with van der Waals surface area (Å²) in [7, 11) is 0. The van der Waals surface area contributed by atoms with Gasteiger partial charge >= 0.3 is 0 Å². The van der Waals surface area contributed by atoms with E-state index in [0.29, 0.717) is 18.8 Å². The molecule has 6 heteroatoms. The Kier molecular flexibility index (Phi) is 5.94. The fraction of sp³-hybridized carbons (Fsp3) is 0.167. The van der Waals surface area contributed by atoms with Gasteiger partial charge in [-0.1, -0.05) is 54.6 Å². The molecule has 4 N–H and O–H groups in total. The summed E-state index contributed by atoms with van der Waals surface area (Å²) in [4.78, 5) is 4.44. The lowest BCUT2D eigenvalue weighted by molar-refractivity contribution is 0.290. The standard InChI is InChI=1S/C24H24N4O2/c25-23(26)19-8-4-17(5-9-19)15-29-21-2-1-3-22(14-21)30-16-18-6-10-20(11-7-18)24-27-12-13-28-24/h1-11,14H,12-13,15-16H2,(H3,25,26)(H,27,28). The monoisotopic (exact) mass is 400 g/mol. The zero-order valence-corrected chi connectivity index (χ0v) is 16.6. The van der Waals surface area contributed by atoms with Crippen LogP contribution >= 0.6 is 0 Å². The van der Waals surface area contributed by atoms with Crippen LogP contribution in [0.2, 0.25) is 0 Å². The average Bonchev–Trinajstić information content (AvgIpc) is 3.32. The van der Waals surface area contributed by atoms with Crippen LogP contribution in [0.1, 0.15) is 22.3 Å². The van der Waals surface area contributed by atoms with Crippen molar-refractivity contribution in [1.82, 2.24) is 5.32 Å². The number of hydrogen-bond donors (Lipinski definition) is 3. The SMILES string of the molecule is N=C(N)c1ccc(COc2cccc(OCc3ccc(C4=NCCN4)cc3)c2)cc1. The lowest BCUT2D eigenvalue weighted by Gasteiger charge is -2.11. The molecule has 3 aromatic rings. The van der Waals surface area contributed by atoms with Crippen LogP contribution in [0.15, 0.2) is 77.8 Å². The summed E-state index contributed by atoms with van der Waals surface area (Å²) < 4.78 is 11.8. The topological polar surface area (TPSA) is 92.7 Å². The quantitative estimate of drug-likeness (QED) is 0.399. The Balaban J connectivity index is 1.31. The molecule has 0 amide bonds. The van der Waals surface area contributed by atoms with E-state index in [1.54, 1.807) is 0 Å². The molecule has 0 fully saturated rings. The van der Waals surface area contributed by atoms with Crippen LogP contribution in [0.25, 0.3) is 0 Å². The smallest absolute Gasteiger partial charge is 0.128 e. The molecule has 0 aromatic heterocycles. The maximum atomic E-state index is 7.44. The first-order chi connectivity index (χ1) is 14.7. The van der Waals surface area contributed by atoms with Crippen molar-refractivity contribution in [2.24, 2.45) is 10.7 Å². The molecule has 0 saturated carbocycles. The van der Waals surface area contributed by atoms with Crippen LogP contribution in [-0.2, 0) is 13.2 Å². The van der Waals surface area contributed by atoms with Gasteiger partial charge in [0.05, 0.1) is 6.54 Å². The average molecular weight is 400 g/mol. The van der Waals surface area contributed by atoms with E-state index in [0.717, 1.165) is 47.1 Å². The van der Waals surface area contributed by atoms with Gasteiger partial charge in [0.15, 0.2) is 0 Å². The fourth-order valence-corrected chi connectivity index (χ4v) is 3.12. The van der Waals surface area contributed by atoms with Crippen molar-refractivity contribution < 1.29 is 9.47 Å². The summed E-state index contributed by atoms with van der Waals surface area (Å²) in [6.45, 7) is 2.65. The van der Waals surface area contributed by atoms with Gasteiger partial charge in [0.1, 0.15) is 36.4 Å².